The molecule has 0 aliphatic carbocycles. The van der Waals surface area contributed by atoms with Gasteiger partial charge < -0.3 is 9.64 Å². The van der Waals surface area contributed by atoms with Crippen molar-refractivity contribution >= 4 is 11.9 Å². The van der Waals surface area contributed by atoms with E-state index in [9.17, 15) is 9.59 Å². The average molecular weight is 211 g/mol. The van der Waals surface area contributed by atoms with Crippen LogP contribution in [0.4, 0.5) is 0 Å². The minimum Gasteiger partial charge on any atom is -0.467 e. The molecule has 1 aliphatic rings. The van der Waals surface area contributed by atoms with Crippen LogP contribution >= 0.6 is 0 Å². The highest BCUT2D eigenvalue weighted by atomic mass is 16.5. The second kappa shape index (κ2) is 5.53. The number of carbonyl (C=O) groups excluding carboxylic acids is 2. The first-order chi connectivity index (χ1) is 7.20. The molecule has 1 fully saturated rings. The lowest BCUT2D eigenvalue weighted by atomic mass is 10.0. The number of likely N-dealkylation sites (tertiary alicyclic amines) is 1. The van der Waals surface area contributed by atoms with Gasteiger partial charge in [0.05, 0.1) is 7.11 Å². The van der Waals surface area contributed by atoms with Crippen LogP contribution in [0.5, 0.6) is 0 Å². The molecule has 1 aliphatic heterocycles. The van der Waals surface area contributed by atoms with Crippen molar-refractivity contribution in [1.29, 1.82) is 0 Å². The lowest BCUT2D eigenvalue weighted by Gasteiger charge is -2.32. The second-order valence-corrected chi connectivity index (χ2v) is 3.57. The van der Waals surface area contributed by atoms with Gasteiger partial charge in [-0.1, -0.05) is 6.08 Å². The number of nitrogens with zero attached hydrogens (tertiary/aromatic N) is 1. The molecule has 1 amide bonds. The van der Waals surface area contributed by atoms with Crippen LogP contribution in [-0.4, -0.2) is 36.5 Å². The molecule has 1 rings (SSSR count). The van der Waals surface area contributed by atoms with Crippen molar-refractivity contribution in [3.63, 3.8) is 0 Å². The lowest BCUT2D eigenvalue weighted by Crippen LogP contribution is -2.47. The maximum absolute atomic E-state index is 11.7. The number of allylic oxidation sites excluding steroid dienone is 1. The summed E-state index contributed by atoms with van der Waals surface area (Å²) in [6, 6.07) is -0.396. The summed E-state index contributed by atoms with van der Waals surface area (Å²) < 4.78 is 4.69. The Kier molecular flexibility index (Phi) is 4.34. The summed E-state index contributed by atoms with van der Waals surface area (Å²) >= 11 is 0. The van der Waals surface area contributed by atoms with Crippen LogP contribution in [0.25, 0.3) is 0 Å². The summed E-state index contributed by atoms with van der Waals surface area (Å²) in [7, 11) is 1.36. The van der Waals surface area contributed by atoms with Crippen molar-refractivity contribution in [2.75, 3.05) is 13.7 Å². The topological polar surface area (TPSA) is 46.6 Å². The largest absolute Gasteiger partial charge is 0.467 e. The Morgan fingerprint density at radius 1 is 1.40 bits per heavy atom. The first-order valence-corrected chi connectivity index (χ1v) is 5.21. The predicted octanol–water partition coefficient (Wildman–Crippen LogP) is 1.12. The van der Waals surface area contributed by atoms with E-state index >= 15 is 0 Å². The fourth-order valence-corrected chi connectivity index (χ4v) is 1.81. The van der Waals surface area contributed by atoms with Crippen LogP contribution in [0.2, 0.25) is 0 Å². The van der Waals surface area contributed by atoms with E-state index in [1.807, 2.05) is 0 Å². The smallest absolute Gasteiger partial charge is 0.328 e. The van der Waals surface area contributed by atoms with Gasteiger partial charge >= 0.3 is 5.97 Å². The first-order valence-electron chi connectivity index (χ1n) is 5.21. The van der Waals surface area contributed by atoms with Crippen LogP contribution in [-0.2, 0) is 14.3 Å². The molecule has 0 aromatic heterocycles. The zero-order valence-corrected chi connectivity index (χ0v) is 9.23. The Hall–Kier alpha value is -1.32. The second-order valence-electron chi connectivity index (χ2n) is 3.57. The molecular formula is C11H17NO3. The van der Waals surface area contributed by atoms with Gasteiger partial charge in [-0.25, -0.2) is 4.79 Å². The molecule has 0 saturated carbocycles. The number of piperidine rings is 1. The Morgan fingerprint density at radius 2 is 2.13 bits per heavy atom. The standard InChI is InChI=1S/C11H17NO3/c1-3-6-10(13)12-8-5-4-7-9(12)11(14)15-2/h3,6,9H,4-5,7-8H2,1-2H3/b6-3+/t9-/m1/s1. The monoisotopic (exact) mass is 211 g/mol. The van der Waals surface area contributed by atoms with Gasteiger partial charge in [0, 0.05) is 6.54 Å². The molecular weight excluding hydrogens is 194 g/mol. The van der Waals surface area contributed by atoms with E-state index in [4.69, 9.17) is 4.74 Å². The van der Waals surface area contributed by atoms with Crippen molar-refractivity contribution in [3.8, 4) is 0 Å². The first kappa shape index (κ1) is 11.8. The zero-order chi connectivity index (χ0) is 11.3. The van der Waals surface area contributed by atoms with Gasteiger partial charge in [0.2, 0.25) is 5.91 Å². The summed E-state index contributed by atoms with van der Waals surface area (Å²) in [6.45, 7) is 2.43. The lowest BCUT2D eigenvalue weighted by molar-refractivity contribution is -0.153. The van der Waals surface area contributed by atoms with Crippen molar-refractivity contribution in [3.05, 3.63) is 12.2 Å². The van der Waals surface area contributed by atoms with E-state index in [0.29, 0.717) is 13.0 Å². The SMILES string of the molecule is C/C=C/C(=O)N1CCCC[C@@H]1C(=O)OC. The molecule has 4 heteroatoms. The van der Waals surface area contributed by atoms with E-state index < -0.39 is 6.04 Å². The maximum atomic E-state index is 11.7. The molecule has 0 radical (unpaired) electrons. The molecule has 0 bridgehead atoms. The van der Waals surface area contributed by atoms with Gasteiger partial charge in [-0.05, 0) is 32.3 Å². The number of hydrogen-bond donors (Lipinski definition) is 0. The highest BCUT2D eigenvalue weighted by Gasteiger charge is 2.31. The van der Waals surface area contributed by atoms with Crippen molar-refractivity contribution in [2.45, 2.75) is 32.2 Å². The number of methoxy groups -OCH3 is 1. The van der Waals surface area contributed by atoms with Crippen LogP contribution < -0.4 is 0 Å². The molecule has 0 aromatic carbocycles. The van der Waals surface area contributed by atoms with Crippen molar-refractivity contribution in [1.82, 2.24) is 4.90 Å². The van der Waals surface area contributed by atoms with Crippen LogP contribution in [0, 0.1) is 0 Å². The van der Waals surface area contributed by atoms with Crippen LogP contribution in [0.1, 0.15) is 26.2 Å². The van der Waals surface area contributed by atoms with Gasteiger partial charge in [-0.3, -0.25) is 4.79 Å². The number of hydrogen-bond acceptors (Lipinski definition) is 3. The minimum atomic E-state index is -0.396. The van der Waals surface area contributed by atoms with Crippen molar-refractivity contribution < 1.29 is 14.3 Å². The summed E-state index contributed by atoms with van der Waals surface area (Å²) in [5, 5.41) is 0. The number of ether oxygens (including phenoxy) is 1. The fraction of sp³-hybridized carbons (Fsp3) is 0.636. The highest BCUT2D eigenvalue weighted by molar-refractivity contribution is 5.91. The number of carbonyl (C=O) groups is 2. The third-order valence-corrected chi connectivity index (χ3v) is 2.57. The van der Waals surface area contributed by atoms with Gasteiger partial charge in [0.25, 0.3) is 0 Å². The van der Waals surface area contributed by atoms with E-state index in [1.165, 1.54) is 13.2 Å². The van der Waals surface area contributed by atoms with Crippen molar-refractivity contribution in [2.24, 2.45) is 0 Å². The van der Waals surface area contributed by atoms with E-state index in [1.54, 1.807) is 17.9 Å². The Balaban J connectivity index is 2.73. The predicted molar refractivity (Wildman–Crippen MR) is 56.2 cm³/mol. The summed E-state index contributed by atoms with van der Waals surface area (Å²) in [5.74, 6) is -0.417. The number of esters is 1. The molecule has 1 saturated heterocycles. The normalized spacial score (nSPS) is 21.7. The quantitative estimate of drug-likeness (QED) is 0.508. The summed E-state index contributed by atoms with van der Waals surface area (Å²) in [4.78, 5) is 24.7. The van der Waals surface area contributed by atoms with Gasteiger partial charge in [-0.15, -0.1) is 0 Å². The maximum Gasteiger partial charge on any atom is 0.328 e. The molecule has 1 atom stereocenters. The third-order valence-electron chi connectivity index (χ3n) is 2.57. The van der Waals surface area contributed by atoms with E-state index in [-0.39, 0.29) is 11.9 Å². The van der Waals surface area contributed by atoms with Crippen LogP contribution in [0.3, 0.4) is 0 Å². The zero-order valence-electron chi connectivity index (χ0n) is 9.23. The molecule has 1 heterocycles. The van der Waals surface area contributed by atoms with E-state index in [0.717, 1.165) is 12.8 Å². The molecule has 0 unspecified atom stereocenters. The molecule has 0 spiro atoms. The van der Waals surface area contributed by atoms with Gasteiger partial charge in [0.1, 0.15) is 6.04 Å². The Morgan fingerprint density at radius 3 is 2.73 bits per heavy atom. The summed E-state index contributed by atoms with van der Waals surface area (Å²) in [5.41, 5.74) is 0. The van der Waals surface area contributed by atoms with Crippen LogP contribution in [0.15, 0.2) is 12.2 Å². The minimum absolute atomic E-state index is 0.104. The van der Waals surface area contributed by atoms with Gasteiger partial charge in [0.15, 0.2) is 0 Å². The number of amides is 1. The molecule has 4 nitrogen and oxygen atoms in total. The molecule has 0 N–H and O–H groups in total. The fourth-order valence-electron chi connectivity index (χ4n) is 1.81. The molecule has 15 heavy (non-hydrogen) atoms. The van der Waals surface area contributed by atoms with Gasteiger partial charge in [-0.2, -0.15) is 0 Å². The summed E-state index contributed by atoms with van der Waals surface area (Å²) in [6.07, 6.45) is 5.80. The average Bonchev–Trinajstić information content (AvgIpc) is 2.28. The Bertz CT molecular complexity index is 273. The number of rotatable bonds is 2. The molecule has 84 valence electrons. The third kappa shape index (κ3) is 2.81. The van der Waals surface area contributed by atoms with E-state index in [2.05, 4.69) is 0 Å². The molecule has 0 aromatic rings. The Labute approximate surface area is 89.9 Å². The highest BCUT2D eigenvalue weighted by Crippen LogP contribution is 2.18.